The summed E-state index contributed by atoms with van der Waals surface area (Å²) < 4.78 is 0. The highest BCUT2D eigenvalue weighted by atomic mass is 16.3. The van der Waals surface area contributed by atoms with E-state index < -0.39 is 23.0 Å². The standard InChI is InChI=1S/C16H24O2/c1-5-9-15(10-6-2)13(17)16(11-7-3,12-8-4)14(15)18/h5-8,13-14,17-18H,1-4,9-12H2/t13-,14+. The van der Waals surface area contributed by atoms with E-state index in [0.717, 1.165) is 0 Å². The Morgan fingerprint density at radius 1 is 0.667 bits per heavy atom. The van der Waals surface area contributed by atoms with Gasteiger partial charge in [-0.05, 0) is 25.7 Å². The average molecular weight is 248 g/mol. The van der Waals surface area contributed by atoms with E-state index in [-0.39, 0.29) is 0 Å². The van der Waals surface area contributed by atoms with Gasteiger partial charge in [-0.1, -0.05) is 24.3 Å². The van der Waals surface area contributed by atoms with Crippen LogP contribution in [0.1, 0.15) is 25.7 Å². The van der Waals surface area contributed by atoms with Crippen molar-refractivity contribution < 1.29 is 10.2 Å². The molecule has 2 heteroatoms. The molecule has 0 unspecified atom stereocenters. The van der Waals surface area contributed by atoms with Gasteiger partial charge >= 0.3 is 0 Å². The number of aliphatic hydroxyl groups excluding tert-OH is 2. The van der Waals surface area contributed by atoms with Crippen molar-refractivity contribution in [2.24, 2.45) is 10.8 Å². The Kier molecular flexibility index (Phi) is 4.71. The number of allylic oxidation sites excluding steroid dienone is 4. The Morgan fingerprint density at radius 3 is 1.06 bits per heavy atom. The summed E-state index contributed by atoms with van der Waals surface area (Å²) in [6, 6.07) is 0. The van der Waals surface area contributed by atoms with Crippen molar-refractivity contribution >= 4 is 0 Å². The Labute approximate surface area is 110 Å². The van der Waals surface area contributed by atoms with E-state index in [1.54, 1.807) is 24.3 Å². The highest BCUT2D eigenvalue weighted by molar-refractivity contribution is 5.22. The molecule has 0 amide bonds. The highest BCUT2D eigenvalue weighted by Crippen LogP contribution is 2.62. The van der Waals surface area contributed by atoms with Crippen molar-refractivity contribution in [1.29, 1.82) is 0 Å². The predicted octanol–water partition coefficient (Wildman–Crippen LogP) is 3.00. The fourth-order valence-corrected chi connectivity index (χ4v) is 3.48. The lowest BCUT2D eigenvalue weighted by Crippen LogP contribution is -2.71. The Balaban J connectivity index is 3.07. The van der Waals surface area contributed by atoms with Crippen LogP contribution in [0.25, 0.3) is 0 Å². The van der Waals surface area contributed by atoms with Crippen LogP contribution in [0.15, 0.2) is 50.6 Å². The summed E-state index contributed by atoms with van der Waals surface area (Å²) in [5, 5.41) is 21.2. The molecule has 0 aromatic carbocycles. The van der Waals surface area contributed by atoms with Crippen LogP contribution in [0.3, 0.4) is 0 Å². The van der Waals surface area contributed by atoms with Gasteiger partial charge in [-0.3, -0.25) is 0 Å². The van der Waals surface area contributed by atoms with Crippen molar-refractivity contribution in [1.82, 2.24) is 0 Å². The van der Waals surface area contributed by atoms with Gasteiger partial charge in [0.25, 0.3) is 0 Å². The summed E-state index contributed by atoms with van der Waals surface area (Å²) in [5.41, 5.74) is -1.09. The van der Waals surface area contributed by atoms with Crippen LogP contribution in [0.2, 0.25) is 0 Å². The third-order valence-corrected chi connectivity index (χ3v) is 4.28. The maximum Gasteiger partial charge on any atom is 0.0714 e. The lowest BCUT2D eigenvalue weighted by molar-refractivity contribution is -0.273. The third kappa shape index (κ3) is 1.90. The molecule has 100 valence electrons. The number of hydrogen-bond donors (Lipinski definition) is 2. The molecular formula is C16H24O2. The maximum atomic E-state index is 10.6. The molecule has 1 aliphatic carbocycles. The van der Waals surface area contributed by atoms with Gasteiger partial charge in [0.2, 0.25) is 0 Å². The summed E-state index contributed by atoms with van der Waals surface area (Å²) in [6.07, 6.45) is 8.15. The van der Waals surface area contributed by atoms with Crippen LogP contribution in [0.4, 0.5) is 0 Å². The largest absolute Gasteiger partial charge is 0.392 e. The molecule has 0 atom stereocenters. The molecule has 0 heterocycles. The summed E-state index contributed by atoms with van der Waals surface area (Å²) >= 11 is 0. The van der Waals surface area contributed by atoms with Gasteiger partial charge < -0.3 is 10.2 Å². The van der Waals surface area contributed by atoms with Crippen LogP contribution in [-0.4, -0.2) is 22.4 Å². The molecule has 0 aliphatic heterocycles. The first-order valence-electron chi connectivity index (χ1n) is 6.35. The van der Waals surface area contributed by atoms with Crippen LogP contribution in [0.5, 0.6) is 0 Å². The van der Waals surface area contributed by atoms with Gasteiger partial charge in [0.05, 0.1) is 12.2 Å². The average Bonchev–Trinajstić information content (AvgIpc) is 2.36. The SMILES string of the molecule is C=CCC1(CC=C)[C@H](O)C(CC=C)(CC=C)[C@@H]1O. The molecule has 1 rings (SSSR count). The molecule has 0 saturated heterocycles. The van der Waals surface area contributed by atoms with Gasteiger partial charge in [0.1, 0.15) is 0 Å². The molecule has 1 fully saturated rings. The summed E-state index contributed by atoms with van der Waals surface area (Å²) in [7, 11) is 0. The molecule has 1 aliphatic rings. The fourth-order valence-electron chi connectivity index (χ4n) is 3.48. The lowest BCUT2D eigenvalue weighted by atomic mass is 9.44. The van der Waals surface area contributed by atoms with Gasteiger partial charge in [-0.2, -0.15) is 0 Å². The maximum absolute atomic E-state index is 10.6. The van der Waals surface area contributed by atoms with E-state index in [1.165, 1.54) is 0 Å². The third-order valence-electron chi connectivity index (χ3n) is 4.28. The van der Waals surface area contributed by atoms with E-state index in [2.05, 4.69) is 26.3 Å². The Bertz CT molecular complexity index is 277. The monoisotopic (exact) mass is 248 g/mol. The summed E-state index contributed by atoms with van der Waals surface area (Å²) in [5.74, 6) is 0. The zero-order valence-electron chi connectivity index (χ0n) is 11.0. The topological polar surface area (TPSA) is 40.5 Å². The number of rotatable bonds is 8. The molecule has 1 saturated carbocycles. The second kappa shape index (κ2) is 5.68. The van der Waals surface area contributed by atoms with Gasteiger partial charge in [0, 0.05) is 10.8 Å². The van der Waals surface area contributed by atoms with E-state index in [4.69, 9.17) is 0 Å². The van der Waals surface area contributed by atoms with E-state index in [9.17, 15) is 10.2 Å². The fraction of sp³-hybridized carbons (Fsp3) is 0.500. The van der Waals surface area contributed by atoms with Crippen molar-refractivity contribution in [3.05, 3.63) is 50.6 Å². The summed E-state index contributed by atoms with van der Waals surface area (Å²) in [6.45, 7) is 14.9. The summed E-state index contributed by atoms with van der Waals surface area (Å²) in [4.78, 5) is 0. The number of hydrogen-bond acceptors (Lipinski definition) is 2. The molecule has 0 bridgehead atoms. The first-order chi connectivity index (χ1) is 8.55. The van der Waals surface area contributed by atoms with Crippen molar-refractivity contribution in [2.75, 3.05) is 0 Å². The molecule has 0 aromatic rings. The first-order valence-corrected chi connectivity index (χ1v) is 6.35. The second-order valence-electron chi connectivity index (χ2n) is 5.24. The van der Waals surface area contributed by atoms with E-state index in [1.807, 2.05) is 0 Å². The van der Waals surface area contributed by atoms with Crippen LogP contribution >= 0.6 is 0 Å². The zero-order chi connectivity index (χ0) is 13.8. The van der Waals surface area contributed by atoms with E-state index >= 15 is 0 Å². The van der Waals surface area contributed by atoms with Crippen molar-refractivity contribution in [3.63, 3.8) is 0 Å². The molecule has 18 heavy (non-hydrogen) atoms. The van der Waals surface area contributed by atoms with Gasteiger partial charge in [-0.25, -0.2) is 0 Å². The van der Waals surface area contributed by atoms with Gasteiger partial charge in [-0.15, -0.1) is 26.3 Å². The molecular weight excluding hydrogens is 224 g/mol. The van der Waals surface area contributed by atoms with Gasteiger partial charge in [0.15, 0.2) is 0 Å². The first kappa shape index (κ1) is 14.9. The number of aliphatic hydroxyl groups is 2. The van der Waals surface area contributed by atoms with Crippen LogP contribution in [-0.2, 0) is 0 Å². The predicted molar refractivity (Wildman–Crippen MR) is 76.1 cm³/mol. The highest BCUT2D eigenvalue weighted by Gasteiger charge is 2.67. The minimum absolute atomic E-state index is 0.546. The Morgan fingerprint density at radius 2 is 0.889 bits per heavy atom. The Hall–Kier alpha value is -1.12. The van der Waals surface area contributed by atoms with Crippen LogP contribution < -0.4 is 0 Å². The minimum Gasteiger partial charge on any atom is -0.392 e. The molecule has 0 spiro atoms. The smallest absolute Gasteiger partial charge is 0.0714 e. The van der Waals surface area contributed by atoms with Crippen molar-refractivity contribution in [3.8, 4) is 0 Å². The molecule has 2 N–H and O–H groups in total. The minimum atomic E-state index is -0.591. The zero-order valence-corrected chi connectivity index (χ0v) is 11.0. The van der Waals surface area contributed by atoms with E-state index in [0.29, 0.717) is 25.7 Å². The second-order valence-corrected chi connectivity index (χ2v) is 5.24. The van der Waals surface area contributed by atoms with Crippen LogP contribution in [0, 0.1) is 10.8 Å². The normalized spacial score (nSPS) is 27.9. The molecule has 2 nitrogen and oxygen atoms in total. The molecule has 0 radical (unpaired) electrons. The lowest BCUT2D eigenvalue weighted by Gasteiger charge is -2.64. The van der Waals surface area contributed by atoms with Crippen molar-refractivity contribution in [2.45, 2.75) is 37.9 Å². The molecule has 0 aromatic heterocycles. The quantitative estimate of drug-likeness (QED) is 0.648.